The first kappa shape index (κ1) is 16.1. The molecule has 0 fully saturated rings. The number of nitrogens with zero attached hydrogens (tertiary/aromatic N) is 4. The monoisotopic (exact) mass is 351 g/mol. The van der Waals surface area contributed by atoms with Gasteiger partial charge in [0.2, 0.25) is 0 Å². The Morgan fingerprint density at radius 2 is 1.88 bits per heavy atom. The van der Waals surface area contributed by atoms with Gasteiger partial charge in [0.1, 0.15) is 6.33 Å². The quantitative estimate of drug-likeness (QED) is 0.774. The fourth-order valence-electron chi connectivity index (χ4n) is 2.80. The normalized spacial score (nSPS) is 14.3. The van der Waals surface area contributed by atoms with E-state index in [0.717, 1.165) is 12.0 Å². The summed E-state index contributed by atoms with van der Waals surface area (Å²) in [7, 11) is 0. The van der Waals surface area contributed by atoms with E-state index in [9.17, 15) is 4.79 Å². The topological polar surface area (TPSA) is 91.2 Å². The Morgan fingerprint density at radius 3 is 2.65 bits per heavy atom. The van der Waals surface area contributed by atoms with E-state index in [4.69, 9.17) is 9.47 Å². The van der Waals surface area contributed by atoms with Gasteiger partial charge >= 0.3 is 0 Å². The highest BCUT2D eigenvalue weighted by Gasteiger charge is 2.24. The number of anilines is 1. The number of carbonyl (C=O) groups excluding carboxylic acids is 1. The van der Waals surface area contributed by atoms with Crippen molar-refractivity contribution in [1.82, 2.24) is 20.2 Å². The van der Waals surface area contributed by atoms with E-state index in [1.54, 1.807) is 18.2 Å². The predicted octanol–water partition coefficient (Wildman–Crippen LogP) is 2.06. The maximum Gasteiger partial charge on any atom is 0.253 e. The number of carbonyl (C=O) groups is 1. The third kappa shape index (κ3) is 3.34. The standard InChI is InChI=1S/C18H17N5O3/c24-18(17(23-12-19-21-22-23)13-5-2-1-3-6-13)20-14-7-8-15-16(11-14)26-10-4-9-25-15/h1-3,5-8,11-12,17H,4,9-10H2,(H,20,24). The van der Waals surface area contributed by atoms with E-state index in [-0.39, 0.29) is 5.91 Å². The lowest BCUT2D eigenvalue weighted by atomic mass is 10.1. The van der Waals surface area contributed by atoms with Gasteiger partial charge in [0.15, 0.2) is 17.5 Å². The number of amides is 1. The minimum atomic E-state index is -0.679. The molecular weight excluding hydrogens is 334 g/mol. The molecule has 3 aromatic rings. The Labute approximate surface area is 149 Å². The van der Waals surface area contributed by atoms with E-state index in [2.05, 4.69) is 20.8 Å². The van der Waals surface area contributed by atoms with Crippen LogP contribution in [0.25, 0.3) is 0 Å². The average Bonchev–Trinajstić information content (AvgIpc) is 3.07. The van der Waals surface area contributed by atoms with Crippen LogP contribution < -0.4 is 14.8 Å². The Bertz CT molecular complexity index is 883. The summed E-state index contributed by atoms with van der Waals surface area (Å²) in [5.41, 5.74) is 1.40. The minimum Gasteiger partial charge on any atom is -0.490 e. The van der Waals surface area contributed by atoms with Crippen LogP contribution in [0.15, 0.2) is 54.9 Å². The summed E-state index contributed by atoms with van der Waals surface area (Å²) in [6, 6.07) is 14.0. The maximum atomic E-state index is 12.9. The number of benzene rings is 2. The molecule has 1 N–H and O–H groups in total. The average molecular weight is 351 g/mol. The van der Waals surface area contributed by atoms with Gasteiger partial charge < -0.3 is 14.8 Å². The van der Waals surface area contributed by atoms with Gasteiger partial charge in [-0.3, -0.25) is 4.79 Å². The molecule has 26 heavy (non-hydrogen) atoms. The number of aromatic nitrogens is 4. The fourth-order valence-corrected chi connectivity index (χ4v) is 2.80. The van der Waals surface area contributed by atoms with Crippen molar-refractivity contribution >= 4 is 11.6 Å². The number of fused-ring (bicyclic) bond motifs is 1. The smallest absolute Gasteiger partial charge is 0.253 e. The lowest BCUT2D eigenvalue weighted by molar-refractivity contribution is -0.118. The Hall–Kier alpha value is -3.42. The molecule has 1 atom stereocenters. The van der Waals surface area contributed by atoms with Crippen LogP contribution in [0.3, 0.4) is 0 Å². The van der Waals surface area contributed by atoms with Crippen molar-refractivity contribution < 1.29 is 14.3 Å². The summed E-state index contributed by atoms with van der Waals surface area (Å²) in [4.78, 5) is 12.9. The predicted molar refractivity (Wildman–Crippen MR) is 93.1 cm³/mol. The van der Waals surface area contributed by atoms with Crippen LogP contribution in [0.5, 0.6) is 11.5 Å². The van der Waals surface area contributed by atoms with Crippen LogP contribution in [0, 0.1) is 0 Å². The van der Waals surface area contributed by atoms with Gasteiger partial charge in [0, 0.05) is 18.2 Å². The zero-order valence-electron chi connectivity index (χ0n) is 13.9. The van der Waals surface area contributed by atoms with Crippen LogP contribution in [0.4, 0.5) is 5.69 Å². The third-order valence-corrected chi connectivity index (χ3v) is 4.01. The second kappa shape index (κ2) is 7.22. The molecule has 2 aromatic carbocycles. The lowest BCUT2D eigenvalue weighted by Gasteiger charge is -2.17. The summed E-state index contributed by atoms with van der Waals surface area (Å²) < 4.78 is 12.7. The summed E-state index contributed by atoms with van der Waals surface area (Å²) in [6.45, 7) is 1.20. The highest BCUT2D eigenvalue weighted by atomic mass is 16.5. The zero-order chi connectivity index (χ0) is 17.8. The summed E-state index contributed by atoms with van der Waals surface area (Å²) >= 11 is 0. The second-order valence-corrected chi connectivity index (χ2v) is 5.80. The SMILES string of the molecule is O=C(Nc1ccc2c(c1)OCCCO2)C(c1ccccc1)n1cnnn1. The second-order valence-electron chi connectivity index (χ2n) is 5.80. The van der Waals surface area contributed by atoms with E-state index in [0.29, 0.717) is 30.4 Å². The van der Waals surface area contributed by atoms with Gasteiger partial charge in [0.25, 0.3) is 5.91 Å². The first-order valence-corrected chi connectivity index (χ1v) is 8.29. The van der Waals surface area contributed by atoms with Gasteiger partial charge in [-0.1, -0.05) is 30.3 Å². The Kier molecular flexibility index (Phi) is 4.46. The molecule has 0 saturated heterocycles. The summed E-state index contributed by atoms with van der Waals surface area (Å²) in [5, 5.41) is 14.1. The van der Waals surface area contributed by atoms with Gasteiger partial charge in [0.05, 0.1) is 13.2 Å². The van der Waals surface area contributed by atoms with Crippen molar-refractivity contribution in [3.63, 3.8) is 0 Å². The zero-order valence-corrected chi connectivity index (χ0v) is 13.9. The van der Waals surface area contributed by atoms with Crippen molar-refractivity contribution in [2.24, 2.45) is 0 Å². The lowest BCUT2D eigenvalue weighted by Crippen LogP contribution is -2.27. The van der Waals surface area contributed by atoms with Gasteiger partial charge in [-0.15, -0.1) is 5.10 Å². The molecule has 2 heterocycles. The molecule has 132 valence electrons. The summed E-state index contributed by atoms with van der Waals surface area (Å²) in [5.74, 6) is 1.05. The number of ether oxygens (including phenoxy) is 2. The number of hydrogen-bond acceptors (Lipinski definition) is 6. The largest absolute Gasteiger partial charge is 0.490 e. The van der Waals surface area contributed by atoms with Gasteiger partial charge in [-0.25, -0.2) is 4.68 Å². The maximum absolute atomic E-state index is 12.9. The molecule has 0 radical (unpaired) electrons. The molecule has 1 aromatic heterocycles. The highest BCUT2D eigenvalue weighted by molar-refractivity contribution is 5.96. The Balaban J connectivity index is 1.60. The summed E-state index contributed by atoms with van der Waals surface area (Å²) in [6.07, 6.45) is 2.25. The molecule has 1 amide bonds. The molecule has 8 nitrogen and oxygen atoms in total. The number of hydrogen-bond donors (Lipinski definition) is 1. The first-order chi connectivity index (χ1) is 12.8. The van der Waals surface area contributed by atoms with Crippen LogP contribution >= 0.6 is 0 Å². The molecule has 0 saturated carbocycles. The van der Waals surface area contributed by atoms with Crippen LogP contribution in [0.2, 0.25) is 0 Å². The fraction of sp³-hybridized carbons (Fsp3) is 0.222. The number of tetrazole rings is 1. The Morgan fingerprint density at radius 1 is 1.08 bits per heavy atom. The van der Waals surface area contributed by atoms with Crippen LogP contribution in [-0.2, 0) is 4.79 Å². The van der Waals surface area contributed by atoms with Crippen LogP contribution in [-0.4, -0.2) is 39.3 Å². The number of nitrogens with one attached hydrogen (secondary N) is 1. The van der Waals surface area contributed by atoms with E-state index >= 15 is 0 Å². The van der Waals surface area contributed by atoms with Crippen molar-refractivity contribution in [3.8, 4) is 11.5 Å². The molecule has 1 unspecified atom stereocenters. The highest BCUT2D eigenvalue weighted by Crippen LogP contribution is 2.32. The van der Waals surface area contributed by atoms with Crippen molar-refractivity contribution in [1.29, 1.82) is 0 Å². The van der Waals surface area contributed by atoms with Crippen molar-refractivity contribution in [2.75, 3.05) is 18.5 Å². The van der Waals surface area contributed by atoms with E-state index < -0.39 is 6.04 Å². The van der Waals surface area contributed by atoms with Crippen molar-refractivity contribution in [3.05, 3.63) is 60.4 Å². The molecule has 8 heteroatoms. The molecule has 0 bridgehead atoms. The van der Waals surface area contributed by atoms with Crippen molar-refractivity contribution in [2.45, 2.75) is 12.5 Å². The molecule has 0 aliphatic carbocycles. The van der Waals surface area contributed by atoms with Crippen LogP contribution in [0.1, 0.15) is 18.0 Å². The van der Waals surface area contributed by atoms with E-state index in [1.165, 1.54) is 11.0 Å². The number of rotatable bonds is 4. The minimum absolute atomic E-state index is 0.252. The van der Waals surface area contributed by atoms with E-state index in [1.807, 2.05) is 30.3 Å². The van der Waals surface area contributed by atoms with Gasteiger partial charge in [-0.05, 0) is 28.1 Å². The molecule has 1 aliphatic rings. The molecule has 1 aliphatic heterocycles. The molecule has 0 spiro atoms. The third-order valence-electron chi connectivity index (χ3n) is 4.01. The van der Waals surface area contributed by atoms with Gasteiger partial charge in [-0.2, -0.15) is 0 Å². The molecular formula is C18H17N5O3. The molecule has 4 rings (SSSR count). The first-order valence-electron chi connectivity index (χ1n) is 8.29.